The third-order valence-electron chi connectivity index (χ3n) is 6.26. The summed E-state index contributed by atoms with van der Waals surface area (Å²) in [5, 5.41) is 9.54. The largest absolute Gasteiger partial charge is 0.368 e. The van der Waals surface area contributed by atoms with Crippen LogP contribution in [0, 0.1) is 5.92 Å². The lowest BCUT2D eigenvalue weighted by Gasteiger charge is -2.38. The highest BCUT2D eigenvalue weighted by Crippen LogP contribution is 2.34. The molecule has 8 heteroatoms. The number of hydrogen-bond acceptors (Lipinski definition) is 3. The standard InChI is InChI=1S/C25H29N5O3/c1-15(2)21(22(26)31)29-23(32)25(30-24(33)27-16-8-4-3-5-9-16)13-12-20-18(14-25)17-10-6-7-11-19(17)28-20/h3-11,15,21,28H,12-14H2,1-2H3,(H2,26,31)(H,29,32)(H2,27,30,33)/t21-,25+/m0/s1. The van der Waals surface area contributed by atoms with Crippen molar-refractivity contribution in [2.45, 2.75) is 44.7 Å². The Kier molecular flexibility index (Phi) is 6.09. The van der Waals surface area contributed by atoms with E-state index in [0.29, 0.717) is 24.9 Å². The van der Waals surface area contributed by atoms with Gasteiger partial charge in [-0.3, -0.25) is 9.59 Å². The number of aryl methyl sites for hydroxylation is 1. The SMILES string of the molecule is CC(C)[C@H](NC(=O)[C@@]1(NC(=O)Nc2ccccc2)CCc2[nH]c3ccccc3c2C1)C(N)=O. The molecule has 1 aromatic heterocycles. The van der Waals surface area contributed by atoms with Crippen LogP contribution in [0.1, 0.15) is 31.5 Å². The number of nitrogens with one attached hydrogen (secondary N) is 4. The average Bonchev–Trinajstić information content (AvgIpc) is 3.15. The summed E-state index contributed by atoms with van der Waals surface area (Å²) in [4.78, 5) is 42.0. The zero-order valence-corrected chi connectivity index (χ0v) is 18.8. The molecule has 0 spiro atoms. The number of rotatable bonds is 6. The van der Waals surface area contributed by atoms with Gasteiger partial charge in [-0.1, -0.05) is 50.2 Å². The van der Waals surface area contributed by atoms with Crippen molar-refractivity contribution in [1.29, 1.82) is 0 Å². The van der Waals surface area contributed by atoms with Crippen LogP contribution in [0.2, 0.25) is 0 Å². The van der Waals surface area contributed by atoms with Gasteiger partial charge in [0.25, 0.3) is 0 Å². The molecule has 4 amide bonds. The van der Waals surface area contributed by atoms with Crippen molar-refractivity contribution in [2.24, 2.45) is 11.7 Å². The zero-order chi connectivity index (χ0) is 23.6. The Bertz CT molecular complexity index is 1190. The van der Waals surface area contributed by atoms with E-state index in [1.54, 1.807) is 12.1 Å². The Morgan fingerprint density at radius 2 is 1.73 bits per heavy atom. The summed E-state index contributed by atoms with van der Waals surface area (Å²) in [6, 6.07) is 15.6. The van der Waals surface area contributed by atoms with Crippen LogP contribution in [0.15, 0.2) is 54.6 Å². The summed E-state index contributed by atoms with van der Waals surface area (Å²) < 4.78 is 0. The first kappa shape index (κ1) is 22.4. The maximum atomic E-state index is 13.6. The normalized spacial score (nSPS) is 18.4. The molecule has 0 radical (unpaired) electrons. The number of nitrogens with two attached hydrogens (primary N) is 1. The number of aromatic amines is 1. The Labute approximate surface area is 192 Å². The average molecular weight is 448 g/mol. The highest BCUT2D eigenvalue weighted by atomic mass is 16.2. The van der Waals surface area contributed by atoms with Gasteiger partial charge in [0.15, 0.2) is 0 Å². The second kappa shape index (κ2) is 8.97. The number of carbonyl (C=O) groups is 3. The summed E-state index contributed by atoms with van der Waals surface area (Å²) in [6.45, 7) is 3.63. The fraction of sp³-hybridized carbons (Fsp3) is 0.320. The molecule has 33 heavy (non-hydrogen) atoms. The monoisotopic (exact) mass is 447 g/mol. The Morgan fingerprint density at radius 3 is 2.42 bits per heavy atom. The van der Waals surface area contributed by atoms with Gasteiger partial charge < -0.3 is 26.7 Å². The van der Waals surface area contributed by atoms with Gasteiger partial charge in [-0.25, -0.2) is 4.79 Å². The molecular formula is C25H29N5O3. The molecule has 6 N–H and O–H groups in total. The van der Waals surface area contributed by atoms with E-state index in [0.717, 1.165) is 22.2 Å². The summed E-state index contributed by atoms with van der Waals surface area (Å²) in [5.74, 6) is -1.21. The van der Waals surface area contributed by atoms with Gasteiger partial charge in [-0.2, -0.15) is 0 Å². The molecule has 0 saturated heterocycles. The molecular weight excluding hydrogens is 418 g/mol. The van der Waals surface area contributed by atoms with Crippen LogP contribution in [-0.2, 0) is 22.4 Å². The minimum atomic E-state index is -1.24. The van der Waals surface area contributed by atoms with Crippen molar-refractivity contribution in [3.05, 3.63) is 65.9 Å². The second-order valence-electron chi connectivity index (χ2n) is 8.93. The topological polar surface area (TPSA) is 129 Å². The van der Waals surface area contributed by atoms with E-state index in [9.17, 15) is 14.4 Å². The summed E-state index contributed by atoms with van der Waals surface area (Å²) >= 11 is 0. The molecule has 8 nitrogen and oxygen atoms in total. The van der Waals surface area contributed by atoms with E-state index in [4.69, 9.17) is 5.73 Å². The number of fused-ring (bicyclic) bond motifs is 3. The van der Waals surface area contributed by atoms with Crippen molar-refractivity contribution in [3.63, 3.8) is 0 Å². The number of primary amides is 1. The number of benzene rings is 2. The maximum absolute atomic E-state index is 13.6. The molecule has 1 aliphatic rings. The number of carbonyl (C=O) groups excluding carboxylic acids is 3. The van der Waals surface area contributed by atoms with Crippen LogP contribution in [-0.4, -0.2) is 34.4 Å². The summed E-state index contributed by atoms with van der Waals surface area (Å²) in [7, 11) is 0. The third kappa shape index (κ3) is 4.55. The van der Waals surface area contributed by atoms with Crippen LogP contribution in [0.3, 0.4) is 0 Å². The Balaban J connectivity index is 1.67. The summed E-state index contributed by atoms with van der Waals surface area (Å²) in [5.41, 5.74) is 7.96. The quantitative estimate of drug-likeness (QED) is 0.398. The molecule has 3 aromatic rings. The smallest absolute Gasteiger partial charge is 0.320 e. The molecule has 2 atom stereocenters. The van der Waals surface area contributed by atoms with Gasteiger partial charge in [-0.05, 0) is 42.5 Å². The number of hydrogen-bond donors (Lipinski definition) is 5. The first-order valence-corrected chi connectivity index (χ1v) is 11.1. The minimum absolute atomic E-state index is 0.186. The fourth-order valence-electron chi connectivity index (χ4n) is 4.50. The summed E-state index contributed by atoms with van der Waals surface area (Å²) in [6.07, 6.45) is 1.25. The Morgan fingerprint density at radius 1 is 1.03 bits per heavy atom. The molecule has 0 aliphatic heterocycles. The number of para-hydroxylation sites is 2. The lowest BCUT2D eigenvalue weighted by Crippen LogP contribution is -2.65. The van der Waals surface area contributed by atoms with Gasteiger partial charge in [0.2, 0.25) is 11.8 Å². The fourth-order valence-corrected chi connectivity index (χ4v) is 4.50. The zero-order valence-electron chi connectivity index (χ0n) is 18.8. The minimum Gasteiger partial charge on any atom is -0.368 e. The van der Waals surface area contributed by atoms with Crippen LogP contribution >= 0.6 is 0 Å². The van der Waals surface area contributed by atoms with E-state index in [2.05, 4.69) is 20.9 Å². The van der Waals surface area contributed by atoms with Gasteiger partial charge >= 0.3 is 6.03 Å². The molecule has 0 fully saturated rings. The van der Waals surface area contributed by atoms with Crippen LogP contribution in [0.5, 0.6) is 0 Å². The van der Waals surface area contributed by atoms with Gasteiger partial charge in [0.05, 0.1) is 0 Å². The molecule has 1 heterocycles. The van der Waals surface area contributed by atoms with E-state index in [1.165, 1.54) is 0 Å². The van der Waals surface area contributed by atoms with Crippen molar-refractivity contribution in [3.8, 4) is 0 Å². The van der Waals surface area contributed by atoms with Gasteiger partial charge in [0, 0.05) is 28.7 Å². The maximum Gasteiger partial charge on any atom is 0.320 e. The number of aromatic nitrogens is 1. The number of urea groups is 1. The molecule has 4 rings (SSSR count). The second-order valence-corrected chi connectivity index (χ2v) is 8.93. The van der Waals surface area contributed by atoms with Crippen LogP contribution in [0.25, 0.3) is 10.9 Å². The van der Waals surface area contributed by atoms with Gasteiger partial charge in [-0.15, -0.1) is 0 Å². The van der Waals surface area contributed by atoms with E-state index in [-0.39, 0.29) is 5.92 Å². The predicted molar refractivity (Wildman–Crippen MR) is 128 cm³/mol. The number of H-pyrrole nitrogens is 1. The highest BCUT2D eigenvalue weighted by molar-refractivity contribution is 5.99. The van der Waals surface area contributed by atoms with Crippen LogP contribution < -0.4 is 21.7 Å². The lowest BCUT2D eigenvalue weighted by atomic mass is 9.78. The predicted octanol–water partition coefficient (Wildman–Crippen LogP) is 2.84. The molecule has 172 valence electrons. The van der Waals surface area contributed by atoms with E-state index < -0.39 is 29.4 Å². The lowest BCUT2D eigenvalue weighted by molar-refractivity contribution is -0.132. The Hall–Kier alpha value is -3.81. The number of anilines is 1. The molecule has 0 bridgehead atoms. The van der Waals surface area contributed by atoms with E-state index in [1.807, 2.05) is 56.3 Å². The van der Waals surface area contributed by atoms with Crippen molar-refractivity contribution in [1.82, 2.24) is 15.6 Å². The molecule has 1 aliphatic carbocycles. The number of amides is 4. The molecule has 2 aromatic carbocycles. The van der Waals surface area contributed by atoms with Crippen molar-refractivity contribution in [2.75, 3.05) is 5.32 Å². The first-order valence-electron chi connectivity index (χ1n) is 11.1. The van der Waals surface area contributed by atoms with Crippen molar-refractivity contribution >= 4 is 34.4 Å². The molecule has 0 unspecified atom stereocenters. The highest BCUT2D eigenvalue weighted by Gasteiger charge is 2.45. The van der Waals surface area contributed by atoms with Gasteiger partial charge in [0.1, 0.15) is 11.6 Å². The third-order valence-corrected chi connectivity index (χ3v) is 6.26. The van der Waals surface area contributed by atoms with Crippen LogP contribution in [0.4, 0.5) is 10.5 Å². The van der Waals surface area contributed by atoms with E-state index >= 15 is 0 Å². The first-order chi connectivity index (χ1) is 15.8. The molecule has 0 saturated carbocycles. The van der Waals surface area contributed by atoms with Crippen molar-refractivity contribution < 1.29 is 14.4 Å².